The van der Waals surface area contributed by atoms with Crippen LogP contribution in [-0.4, -0.2) is 5.78 Å². The molecule has 1 aromatic carbocycles. The van der Waals surface area contributed by atoms with Crippen molar-refractivity contribution in [3.05, 3.63) is 35.6 Å². The van der Waals surface area contributed by atoms with Gasteiger partial charge in [-0.1, -0.05) is 39.8 Å². The molecule has 0 N–H and O–H groups in total. The lowest BCUT2D eigenvalue weighted by Crippen LogP contribution is -2.16. The maximum atomic E-state index is 12.9. The number of rotatable bonds is 3. The highest BCUT2D eigenvalue weighted by molar-refractivity contribution is 5.94. The predicted molar refractivity (Wildman–Crippen MR) is 70.8 cm³/mol. The monoisotopic (exact) mass is 259 g/mol. The fraction of sp³-hybridized carbons (Fsp3) is 0.500. The highest BCUT2D eigenvalue weighted by atomic mass is 19.1. The number of nitriles is 1. The van der Waals surface area contributed by atoms with Gasteiger partial charge in [0.2, 0.25) is 0 Å². The van der Waals surface area contributed by atoms with Crippen LogP contribution in [0.15, 0.2) is 24.3 Å². The molecule has 1 aliphatic rings. The third-order valence-electron chi connectivity index (χ3n) is 4.92. The fourth-order valence-electron chi connectivity index (χ4n) is 3.03. The third-order valence-corrected chi connectivity index (χ3v) is 4.92. The first-order valence-electron chi connectivity index (χ1n) is 6.42. The summed E-state index contributed by atoms with van der Waals surface area (Å²) in [5.41, 5.74) is 0.408. The second-order valence-corrected chi connectivity index (χ2v) is 6.39. The predicted octanol–water partition coefficient (Wildman–Crippen LogP) is 3.68. The van der Waals surface area contributed by atoms with Gasteiger partial charge < -0.3 is 0 Å². The van der Waals surface area contributed by atoms with E-state index in [1.54, 1.807) is 0 Å². The number of nitrogens with zero attached hydrogens (tertiary/aromatic N) is 1. The van der Waals surface area contributed by atoms with Crippen molar-refractivity contribution in [2.24, 2.45) is 16.7 Å². The average molecular weight is 259 g/mol. The lowest BCUT2D eigenvalue weighted by atomic mass is 9.90. The molecule has 0 radical (unpaired) electrons. The van der Waals surface area contributed by atoms with Gasteiger partial charge in [-0.2, -0.15) is 5.26 Å². The zero-order chi connectivity index (χ0) is 14.4. The maximum Gasteiger partial charge on any atom is 0.158 e. The van der Waals surface area contributed by atoms with Crippen LogP contribution in [0.5, 0.6) is 0 Å². The van der Waals surface area contributed by atoms with Gasteiger partial charge in [0.25, 0.3) is 0 Å². The van der Waals surface area contributed by atoms with E-state index in [0.717, 1.165) is 0 Å². The van der Waals surface area contributed by atoms with Gasteiger partial charge in [-0.15, -0.1) is 0 Å². The largest absolute Gasteiger partial charge is 0.297 e. The summed E-state index contributed by atoms with van der Waals surface area (Å²) in [7, 11) is 0. The summed E-state index contributed by atoms with van der Waals surface area (Å²) in [5, 5.41) is 9.27. The van der Waals surface area contributed by atoms with E-state index in [1.165, 1.54) is 24.3 Å². The third kappa shape index (κ3) is 1.96. The van der Waals surface area contributed by atoms with Gasteiger partial charge in [0.1, 0.15) is 11.7 Å². The van der Waals surface area contributed by atoms with Crippen LogP contribution in [0.4, 0.5) is 4.39 Å². The van der Waals surface area contributed by atoms with Crippen molar-refractivity contribution in [1.29, 1.82) is 5.26 Å². The average Bonchev–Trinajstić information content (AvgIpc) is 2.73. The molecule has 0 saturated heterocycles. The van der Waals surface area contributed by atoms with Crippen LogP contribution in [-0.2, 0) is 4.79 Å². The van der Waals surface area contributed by atoms with Gasteiger partial charge in [0.05, 0.1) is 6.07 Å². The summed E-state index contributed by atoms with van der Waals surface area (Å²) >= 11 is 0. The van der Waals surface area contributed by atoms with Crippen LogP contribution in [0.2, 0.25) is 0 Å². The van der Waals surface area contributed by atoms with Gasteiger partial charge in [0.15, 0.2) is 5.78 Å². The maximum absolute atomic E-state index is 12.9. The Morgan fingerprint density at radius 2 is 1.68 bits per heavy atom. The van der Waals surface area contributed by atoms with Crippen LogP contribution in [0.3, 0.4) is 0 Å². The summed E-state index contributed by atoms with van der Waals surface area (Å²) in [6.07, 6.45) is 0. The molecular weight excluding hydrogens is 241 g/mol. The van der Waals surface area contributed by atoms with Crippen molar-refractivity contribution in [1.82, 2.24) is 0 Å². The molecule has 0 bridgehead atoms. The minimum atomic E-state index is -0.799. The van der Waals surface area contributed by atoms with Gasteiger partial charge >= 0.3 is 0 Å². The summed E-state index contributed by atoms with van der Waals surface area (Å²) in [4.78, 5) is 12.5. The lowest BCUT2D eigenvalue weighted by molar-refractivity contribution is -0.121. The molecule has 0 amide bonds. The molecule has 0 heterocycles. The van der Waals surface area contributed by atoms with Crippen molar-refractivity contribution in [3.8, 4) is 6.07 Å². The van der Waals surface area contributed by atoms with E-state index in [0.29, 0.717) is 5.56 Å². The topological polar surface area (TPSA) is 40.9 Å². The molecular formula is C16H18FNO. The Hall–Kier alpha value is -1.69. The first-order valence-corrected chi connectivity index (χ1v) is 6.42. The van der Waals surface area contributed by atoms with Crippen LogP contribution >= 0.6 is 0 Å². The van der Waals surface area contributed by atoms with E-state index < -0.39 is 5.92 Å². The van der Waals surface area contributed by atoms with E-state index in [1.807, 2.05) is 0 Å². The molecule has 3 heteroatoms. The minimum Gasteiger partial charge on any atom is -0.297 e. The molecule has 1 unspecified atom stereocenters. The van der Waals surface area contributed by atoms with Gasteiger partial charge in [0, 0.05) is 5.92 Å². The molecule has 1 aromatic rings. The summed E-state index contributed by atoms with van der Waals surface area (Å²) in [6.45, 7) is 8.20. The van der Waals surface area contributed by atoms with E-state index in [9.17, 15) is 14.4 Å². The summed E-state index contributed by atoms with van der Waals surface area (Å²) < 4.78 is 12.9. The number of ketones is 1. The van der Waals surface area contributed by atoms with Crippen LogP contribution < -0.4 is 0 Å². The highest BCUT2D eigenvalue weighted by Crippen LogP contribution is 2.69. The van der Waals surface area contributed by atoms with Crippen molar-refractivity contribution in [2.75, 3.05) is 0 Å². The smallest absolute Gasteiger partial charge is 0.158 e. The Morgan fingerprint density at radius 3 is 2.05 bits per heavy atom. The molecule has 2 rings (SSSR count). The fourth-order valence-corrected chi connectivity index (χ4v) is 3.03. The molecule has 19 heavy (non-hydrogen) atoms. The number of Topliss-reactive ketones (excluding diaryl/α,β-unsaturated/α-hetero) is 1. The van der Waals surface area contributed by atoms with Crippen molar-refractivity contribution in [2.45, 2.75) is 33.6 Å². The first-order chi connectivity index (χ1) is 8.73. The van der Waals surface area contributed by atoms with Crippen molar-refractivity contribution >= 4 is 5.78 Å². The molecule has 0 aromatic heterocycles. The Bertz CT molecular complexity index is 537. The van der Waals surface area contributed by atoms with Crippen LogP contribution in [0.25, 0.3) is 0 Å². The Kier molecular flexibility index (Phi) is 3.01. The quantitative estimate of drug-likeness (QED) is 0.830. The molecule has 0 aliphatic heterocycles. The number of hydrogen-bond acceptors (Lipinski definition) is 2. The van der Waals surface area contributed by atoms with E-state index >= 15 is 0 Å². The number of hydrogen-bond donors (Lipinski definition) is 0. The molecule has 0 spiro atoms. The van der Waals surface area contributed by atoms with E-state index in [-0.39, 0.29) is 28.3 Å². The Morgan fingerprint density at radius 1 is 1.21 bits per heavy atom. The summed E-state index contributed by atoms with van der Waals surface area (Å²) in [6, 6.07) is 7.67. The van der Waals surface area contributed by atoms with Crippen LogP contribution in [0, 0.1) is 33.9 Å². The Balaban J connectivity index is 2.28. The van der Waals surface area contributed by atoms with Crippen molar-refractivity contribution in [3.63, 3.8) is 0 Å². The molecule has 2 nitrogen and oxygen atoms in total. The summed E-state index contributed by atoms with van der Waals surface area (Å²) in [5.74, 6) is -1.33. The second-order valence-electron chi connectivity index (χ2n) is 6.39. The zero-order valence-corrected chi connectivity index (χ0v) is 11.7. The molecule has 1 atom stereocenters. The normalized spacial score (nSPS) is 21.5. The molecule has 1 saturated carbocycles. The van der Waals surface area contributed by atoms with Gasteiger partial charge in [-0.3, -0.25) is 4.79 Å². The van der Waals surface area contributed by atoms with E-state index in [2.05, 4.69) is 33.8 Å². The molecule has 1 fully saturated rings. The van der Waals surface area contributed by atoms with Crippen molar-refractivity contribution < 1.29 is 9.18 Å². The van der Waals surface area contributed by atoms with Gasteiger partial charge in [-0.25, -0.2) is 4.39 Å². The zero-order valence-electron chi connectivity index (χ0n) is 11.7. The minimum absolute atomic E-state index is 0.0518. The SMILES string of the molecule is CC1(C)C(C(=O)C(C#N)c2ccc(F)cc2)C1(C)C. The number of halogens is 1. The second kappa shape index (κ2) is 4.16. The lowest BCUT2D eigenvalue weighted by Gasteiger charge is -2.09. The molecule has 100 valence electrons. The number of benzene rings is 1. The molecule has 1 aliphatic carbocycles. The number of carbonyl (C=O) groups is 1. The van der Waals surface area contributed by atoms with Gasteiger partial charge in [-0.05, 0) is 28.5 Å². The Labute approximate surface area is 113 Å². The standard InChI is InChI=1S/C16H18FNO/c1-15(2)14(16(15,3)4)13(19)12(9-18)10-5-7-11(17)8-6-10/h5-8,12,14H,1-4H3. The first kappa shape index (κ1) is 13.7. The highest BCUT2D eigenvalue weighted by Gasteiger charge is 2.68. The number of carbonyl (C=O) groups excluding carboxylic acids is 1. The van der Waals surface area contributed by atoms with Crippen LogP contribution in [0.1, 0.15) is 39.2 Å². The van der Waals surface area contributed by atoms with E-state index in [4.69, 9.17) is 0 Å².